The number of hydrogen-bond acceptors (Lipinski definition) is 3. The van der Waals surface area contributed by atoms with E-state index in [9.17, 15) is 9.90 Å². The zero-order chi connectivity index (χ0) is 13.8. The number of hydrogen-bond donors (Lipinski definition) is 0. The Morgan fingerprint density at radius 1 is 1.42 bits per heavy atom. The van der Waals surface area contributed by atoms with E-state index in [0.29, 0.717) is 0 Å². The Balaban J connectivity index is 2.32. The molecular weight excluding hydrogens is 240 g/mol. The van der Waals surface area contributed by atoms with Crippen molar-refractivity contribution in [3.63, 3.8) is 0 Å². The van der Waals surface area contributed by atoms with Crippen LogP contribution in [0.4, 0.5) is 0 Å². The molecule has 0 saturated heterocycles. The monoisotopic (exact) mass is 259 g/mol. The highest BCUT2D eigenvalue weighted by atomic mass is 16.5. The zero-order valence-electron chi connectivity index (χ0n) is 11.4. The van der Waals surface area contributed by atoms with E-state index in [1.54, 1.807) is 7.11 Å². The molecule has 0 fully saturated rings. The van der Waals surface area contributed by atoms with Crippen LogP contribution in [0, 0.1) is 0 Å². The van der Waals surface area contributed by atoms with Crippen LogP contribution in [0.2, 0.25) is 0 Å². The van der Waals surface area contributed by atoms with Gasteiger partial charge in [-0.05, 0) is 48.1 Å². The summed E-state index contributed by atoms with van der Waals surface area (Å²) in [6.07, 6.45) is 5.35. The van der Waals surface area contributed by atoms with Crippen molar-refractivity contribution in [1.29, 1.82) is 0 Å². The number of methoxy groups -OCH3 is 1. The Kier molecular flexibility index (Phi) is 4.25. The van der Waals surface area contributed by atoms with Gasteiger partial charge in [0, 0.05) is 11.9 Å². The standard InChI is InChI=1S/C16H20O3/c1-3-4-5-11-8-12(9-16(17)18)14-7-6-13(19-2)10-15(11)14/h6-8,10,12H,3-5,9H2,1-2H3,(H,17,18)/p-1. The van der Waals surface area contributed by atoms with Crippen LogP contribution in [0.3, 0.4) is 0 Å². The summed E-state index contributed by atoms with van der Waals surface area (Å²) in [6, 6.07) is 5.86. The number of unbranched alkanes of at least 4 members (excludes halogenated alkanes) is 1. The van der Waals surface area contributed by atoms with Gasteiger partial charge in [0.1, 0.15) is 5.75 Å². The maximum absolute atomic E-state index is 10.8. The second kappa shape index (κ2) is 5.91. The summed E-state index contributed by atoms with van der Waals surface area (Å²) in [5.74, 6) is -0.243. The molecule has 1 unspecified atom stereocenters. The summed E-state index contributed by atoms with van der Waals surface area (Å²) in [5.41, 5.74) is 3.46. The van der Waals surface area contributed by atoms with Gasteiger partial charge in [0.05, 0.1) is 7.11 Å². The molecule has 0 N–H and O–H groups in total. The number of fused-ring (bicyclic) bond motifs is 1. The molecule has 1 aromatic carbocycles. The molecular formula is C16H19O3-. The molecule has 1 aliphatic rings. The molecule has 3 nitrogen and oxygen atoms in total. The SMILES string of the molecule is CCCCC1=CC(CC(=O)[O-])c2ccc(OC)cc21. The van der Waals surface area contributed by atoms with E-state index in [-0.39, 0.29) is 12.3 Å². The predicted molar refractivity (Wildman–Crippen MR) is 72.9 cm³/mol. The maximum atomic E-state index is 10.8. The summed E-state index contributed by atoms with van der Waals surface area (Å²) in [5, 5.41) is 10.8. The number of benzene rings is 1. The maximum Gasteiger partial charge on any atom is 0.119 e. The molecule has 0 aromatic heterocycles. The third-order valence-corrected chi connectivity index (χ3v) is 3.59. The number of carbonyl (C=O) groups excluding carboxylic acids is 1. The van der Waals surface area contributed by atoms with Gasteiger partial charge in [-0.1, -0.05) is 25.5 Å². The van der Waals surface area contributed by atoms with Crippen molar-refractivity contribution in [1.82, 2.24) is 0 Å². The number of ether oxygens (including phenoxy) is 1. The smallest absolute Gasteiger partial charge is 0.119 e. The fraction of sp³-hybridized carbons (Fsp3) is 0.438. The second-order valence-corrected chi connectivity index (χ2v) is 4.93. The predicted octanol–water partition coefficient (Wildman–Crippen LogP) is 2.51. The summed E-state index contributed by atoms with van der Waals surface area (Å²) >= 11 is 0. The van der Waals surface area contributed by atoms with Gasteiger partial charge < -0.3 is 14.6 Å². The molecule has 2 rings (SSSR count). The molecule has 19 heavy (non-hydrogen) atoms. The fourth-order valence-electron chi connectivity index (χ4n) is 2.62. The molecule has 0 saturated carbocycles. The number of carboxylic acids is 1. The molecule has 0 bridgehead atoms. The molecule has 3 heteroatoms. The van der Waals surface area contributed by atoms with Crippen LogP contribution in [-0.4, -0.2) is 13.1 Å². The lowest BCUT2D eigenvalue weighted by molar-refractivity contribution is -0.305. The second-order valence-electron chi connectivity index (χ2n) is 4.93. The average Bonchev–Trinajstić information content (AvgIpc) is 2.73. The third kappa shape index (κ3) is 2.98. The molecule has 1 aliphatic carbocycles. The topological polar surface area (TPSA) is 49.4 Å². The summed E-state index contributed by atoms with van der Waals surface area (Å²) < 4.78 is 5.25. The molecule has 1 aromatic rings. The van der Waals surface area contributed by atoms with E-state index in [2.05, 4.69) is 13.0 Å². The lowest BCUT2D eigenvalue weighted by Crippen LogP contribution is -2.23. The minimum Gasteiger partial charge on any atom is -0.550 e. The van der Waals surface area contributed by atoms with Gasteiger partial charge in [-0.3, -0.25) is 0 Å². The number of carboxylic acid groups (broad SMARTS) is 1. The highest BCUT2D eigenvalue weighted by Gasteiger charge is 2.23. The van der Waals surface area contributed by atoms with Crippen molar-refractivity contribution in [2.24, 2.45) is 0 Å². The van der Waals surface area contributed by atoms with Crippen LogP contribution in [0.5, 0.6) is 5.75 Å². The van der Waals surface area contributed by atoms with E-state index >= 15 is 0 Å². The summed E-state index contributed by atoms with van der Waals surface area (Å²) in [6.45, 7) is 2.15. The van der Waals surface area contributed by atoms with Gasteiger partial charge in [-0.2, -0.15) is 0 Å². The molecule has 0 aliphatic heterocycles. The first-order chi connectivity index (χ1) is 9.15. The van der Waals surface area contributed by atoms with Gasteiger partial charge in [0.15, 0.2) is 0 Å². The Morgan fingerprint density at radius 2 is 2.21 bits per heavy atom. The first kappa shape index (κ1) is 13.7. The first-order valence-electron chi connectivity index (χ1n) is 6.74. The van der Waals surface area contributed by atoms with Crippen molar-refractivity contribution in [2.45, 2.75) is 38.5 Å². The van der Waals surface area contributed by atoms with Crippen LogP contribution in [0.25, 0.3) is 5.57 Å². The van der Waals surface area contributed by atoms with Crippen LogP contribution in [0.1, 0.15) is 49.7 Å². The Labute approximate surface area is 113 Å². The first-order valence-corrected chi connectivity index (χ1v) is 6.74. The highest BCUT2D eigenvalue weighted by molar-refractivity contribution is 5.78. The van der Waals surface area contributed by atoms with Crippen molar-refractivity contribution in [3.05, 3.63) is 35.4 Å². The number of carbonyl (C=O) groups is 1. The molecule has 102 valence electrons. The summed E-state index contributed by atoms with van der Waals surface area (Å²) in [4.78, 5) is 10.8. The molecule has 0 radical (unpaired) electrons. The van der Waals surface area contributed by atoms with Crippen LogP contribution in [0.15, 0.2) is 24.3 Å². The Hall–Kier alpha value is -1.77. The van der Waals surface area contributed by atoms with Crippen molar-refractivity contribution < 1.29 is 14.6 Å². The van der Waals surface area contributed by atoms with Gasteiger partial charge >= 0.3 is 0 Å². The van der Waals surface area contributed by atoms with Crippen molar-refractivity contribution in [2.75, 3.05) is 7.11 Å². The quantitative estimate of drug-likeness (QED) is 0.788. The van der Waals surface area contributed by atoms with E-state index in [4.69, 9.17) is 4.74 Å². The zero-order valence-corrected chi connectivity index (χ0v) is 11.4. The third-order valence-electron chi connectivity index (χ3n) is 3.59. The van der Waals surface area contributed by atoms with Crippen molar-refractivity contribution in [3.8, 4) is 5.75 Å². The van der Waals surface area contributed by atoms with E-state index in [1.807, 2.05) is 18.2 Å². The molecule has 0 spiro atoms. The normalized spacial score (nSPS) is 16.9. The van der Waals surface area contributed by atoms with Gasteiger partial charge in [-0.15, -0.1) is 0 Å². The fourth-order valence-corrected chi connectivity index (χ4v) is 2.62. The number of rotatable bonds is 6. The Morgan fingerprint density at radius 3 is 2.84 bits per heavy atom. The van der Waals surface area contributed by atoms with Crippen LogP contribution in [-0.2, 0) is 4.79 Å². The molecule has 0 amide bonds. The molecule has 1 atom stereocenters. The number of aliphatic carboxylic acids is 1. The Bertz CT molecular complexity index is 503. The largest absolute Gasteiger partial charge is 0.550 e. The van der Waals surface area contributed by atoms with Crippen molar-refractivity contribution >= 4 is 11.5 Å². The minimum absolute atomic E-state index is 0.0505. The minimum atomic E-state index is -1.00. The van der Waals surface area contributed by atoms with Gasteiger partial charge in [-0.25, -0.2) is 0 Å². The van der Waals surface area contributed by atoms with Crippen LogP contribution < -0.4 is 9.84 Å². The van der Waals surface area contributed by atoms with E-state index in [1.165, 1.54) is 5.57 Å². The average molecular weight is 259 g/mol. The lowest BCUT2D eigenvalue weighted by atomic mass is 9.96. The molecule has 0 heterocycles. The highest BCUT2D eigenvalue weighted by Crippen LogP contribution is 2.41. The van der Waals surface area contributed by atoms with E-state index < -0.39 is 5.97 Å². The van der Waals surface area contributed by atoms with Gasteiger partial charge in [0.25, 0.3) is 0 Å². The van der Waals surface area contributed by atoms with Crippen LogP contribution >= 0.6 is 0 Å². The van der Waals surface area contributed by atoms with E-state index in [0.717, 1.165) is 36.1 Å². The number of allylic oxidation sites excluding steroid dienone is 2. The van der Waals surface area contributed by atoms with Gasteiger partial charge in [0.2, 0.25) is 0 Å². The lowest BCUT2D eigenvalue weighted by Gasteiger charge is -2.12. The summed E-state index contributed by atoms with van der Waals surface area (Å²) in [7, 11) is 1.64.